The van der Waals surface area contributed by atoms with Crippen LogP contribution < -0.4 is 0 Å². The monoisotopic (exact) mass is 936 g/mol. The van der Waals surface area contributed by atoms with Crippen LogP contribution in [0, 0.1) is 34.0 Å². The molecular formula is C44H72O21. The Morgan fingerprint density at radius 3 is 1.83 bits per heavy atom. The summed E-state index contributed by atoms with van der Waals surface area (Å²) in [6.45, 7) is 8.13. The lowest BCUT2D eigenvalue weighted by atomic mass is 9.45. The Labute approximate surface area is 377 Å². The summed E-state index contributed by atoms with van der Waals surface area (Å²) >= 11 is 0. The number of carbonyl (C=O) groups is 1. The van der Waals surface area contributed by atoms with Crippen LogP contribution in [0.3, 0.4) is 0 Å². The molecule has 0 radical (unpaired) electrons. The number of hydrogen-bond acceptors (Lipinski definition) is 21. The van der Waals surface area contributed by atoms with Crippen molar-refractivity contribution >= 4 is 5.97 Å². The lowest BCUT2D eigenvalue weighted by Gasteiger charge is -2.59. The first-order valence-electron chi connectivity index (χ1n) is 23.1. The Hall–Kier alpha value is -1.55. The zero-order chi connectivity index (χ0) is 47.5. The zero-order valence-corrected chi connectivity index (χ0v) is 37.2. The second-order valence-electron chi connectivity index (χ2n) is 20.5. The first kappa shape index (κ1) is 51.3. The normalized spacial score (nSPS) is 53.1. The Morgan fingerprint density at radius 2 is 1.20 bits per heavy atom. The Bertz CT molecular complexity index is 1640. The second kappa shape index (κ2) is 20.1. The van der Waals surface area contributed by atoms with Gasteiger partial charge in [-0.25, -0.2) is 0 Å². The van der Waals surface area contributed by atoms with Crippen LogP contribution in [0.2, 0.25) is 0 Å². The molecule has 0 bridgehead atoms. The maximum absolute atomic E-state index is 14.2. The first-order valence-corrected chi connectivity index (χ1v) is 23.1. The average Bonchev–Trinajstić information content (AvgIpc) is 3.40. The number of esters is 1. The van der Waals surface area contributed by atoms with E-state index in [2.05, 4.69) is 13.5 Å². The van der Waals surface area contributed by atoms with Gasteiger partial charge >= 0.3 is 5.97 Å². The molecule has 4 saturated heterocycles. The molecule has 0 spiro atoms. The molecule has 0 amide bonds. The second-order valence-corrected chi connectivity index (χ2v) is 20.5. The molecule has 7 fully saturated rings. The molecule has 22 unspecified atom stereocenters. The highest BCUT2D eigenvalue weighted by Gasteiger charge is 2.62. The number of ether oxygens (including phenoxy) is 7. The van der Waals surface area contributed by atoms with Crippen molar-refractivity contribution < 1.29 is 104 Å². The van der Waals surface area contributed by atoms with E-state index in [0.717, 1.165) is 18.4 Å². The first-order chi connectivity index (χ1) is 30.6. The molecule has 0 aromatic rings. The number of hydrogen-bond donors (Lipinski definition) is 13. The molecule has 3 aliphatic carbocycles. The van der Waals surface area contributed by atoms with E-state index in [1.807, 2.05) is 13.8 Å². The third-order valence-corrected chi connectivity index (χ3v) is 16.6. The van der Waals surface area contributed by atoms with Crippen LogP contribution in [-0.4, -0.2) is 215 Å². The molecule has 7 aliphatic rings. The van der Waals surface area contributed by atoms with Gasteiger partial charge < -0.3 is 99.5 Å². The molecule has 21 nitrogen and oxygen atoms in total. The molecule has 4 aliphatic heterocycles. The third kappa shape index (κ3) is 9.44. The van der Waals surface area contributed by atoms with Gasteiger partial charge in [-0.3, -0.25) is 4.79 Å². The number of fused-ring (bicyclic) bond motifs is 3. The minimum Gasteiger partial charge on any atom is -0.432 e. The summed E-state index contributed by atoms with van der Waals surface area (Å²) in [5.74, 6) is -0.481. The molecule has 65 heavy (non-hydrogen) atoms. The standard InChI is InChI=1S/C44H72O21/c1-18-12-19-6-7-26-43(3,9-5-10-44(26,4)41(58)65-40-35(57)32(54)29(51)24(15-46)62-40)20(19)8-11-42(18,2)13-22-36(63-38-33(55)27(49)21(48)17-59-38)37(30(52)25(16-47)60-22)64-39-34(56)31(53)28(50)23(14-45)61-39/h19-40,45-57H,1,5-17H2,2-4H3/t19?,20-,21?,22?,23?,24?,25?,26?,27?,28?,29?,30?,31?,32?,33?,34?,35?,36?,37?,38?,39?,40?,42?,43+,44-/m1/s1. The van der Waals surface area contributed by atoms with Crippen LogP contribution in [0.1, 0.15) is 78.6 Å². The fraction of sp³-hybridized carbons (Fsp3) is 0.932. The molecule has 21 heteroatoms. The average molecular weight is 937 g/mol. The maximum atomic E-state index is 14.2. The number of allylic oxidation sites excluding steroid dienone is 1. The van der Waals surface area contributed by atoms with Gasteiger partial charge in [0.1, 0.15) is 91.6 Å². The van der Waals surface area contributed by atoms with Gasteiger partial charge in [-0.05, 0) is 86.9 Å². The van der Waals surface area contributed by atoms with Gasteiger partial charge in [0, 0.05) is 0 Å². The maximum Gasteiger partial charge on any atom is 0.314 e. The van der Waals surface area contributed by atoms with E-state index in [1.54, 1.807) is 0 Å². The van der Waals surface area contributed by atoms with E-state index in [9.17, 15) is 71.2 Å². The summed E-state index contributed by atoms with van der Waals surface area (Å²) in [7, 11) is 0. The van der Waals surface area contributed by atoms with Crippen LogP contribution in [-0.2, 0) is 38.0 Å². The summed E-state index contributed by atoms with van der Waals surface area (Å²) < 4.78 is 41.4. The molecule has 0 aromatic carbocycles. The number of aliphatic hydroxyl groups is 13. The molecule has 0 aromatic heterocycles. The quantitative estimate of drug-likeness (QED) is 0.0704. The van der Waals surface area contributed by atoms with Crippen LogP contribution in [0.5, 0.6) is 0 Å². The topological polar surface area (TPSA) is 345 Å². The van der Waals surface area contributed by atoms with Crippen LogP contribution in [0.25, 0.3) is 0 Å². The van der Waals surface area contributed by atoms with Crippen LogP contribution in [0.15, 0.2) is 12.2 Å². The van der Waals surface area contributed by atoms with Gasteiger partial charge in [-0.2, -0.15) is 0 Å². The fourth-order valence-electron chi connectivity index (χ4n) is 12.5. The Kier molecular flexibility index (Phi) is 15.8. The number of rotatable bonds is 11. The fourth-order valence-corrected chi connectivity index (χ4v) is 12.5. The van der Waals surface area contributed by atoms with Crippen LogP contribution >= 0.6 is 0 Å². The van der Waals surface area contributed by atoms with Crippen molar-refractivity contribution in [2.75, 3.05) is 26.4 Å². The van der Waals surface area contributed by atoms with E-state index in [-0.39, 0.29) is 29.6 Å². The van der Waals surface area contributed by atoms with Crippen molar-refractivity contribution in [3.63, 3.8) is 0 Å². The van der Waals surface area contributed by atoms with Gasteiger partial charge in [0.05, 0.1) is 37.9 Å². The largest absolute Gasteiger partial charge is 0.432 e. The van der Waals surface area contributed by atoms with Crippen molar-refractivity contribution in [2.24, 2.45) is 34.0 Å². The smallest absolute Gasteiger partial charge is 0.314 e. The SMILES string of the molecule is C=C1CC2CCC3[C@](C)(C(=O)OC4OC(CO)C(O)C(O)C4O)CCC[C@@]3(C)[C@@H]2CCC1(C)CC1OC(CO)C(O)C(OC2OC(CO)C(O)C(O)C2O)C1OC1OCC(O)C(O)C1O. The van der Waals surface area contributed by atoms with Crippen molar-refractivity contribution in [3.05, 3.63) is 12.2 Å². The summed E-state index contributed by atoms with van der Waals surface area (Å²) in [5, 5.41) is 137. The minimum absolute atomic E-state index is 0.104. The summed E-state index contributed by atoms with van der Waals surface area (Å²) in [4.78, 5) is 14.2. The predicted molar refractivity (Wildman–Crippen MR) is 218 cm³/mol. The van der Waals surface area contributed by atoms with E-state index in [0.29, 0.717) is 38.5 Å². The molecule has 25 atom stereocenters. The zero-order valence-electron chi connectivity index (χ0n) is 37.2. The van der Waals surface area contributed by atoms with Gasteiger partial charge in [-0.15, -0.1) is 0 Å². The highest BCUT2D eigenvalue weighted by atomic mass is 16.7. The molecule has 374 valence electrons. The van der Waals surface area contributed by atoms with Crippen molar-refractivity contribution in [1.29, 1.82) is 0 Å². The van der Waals surface area contributed by atoms with Gasteiger partial charge in [0.2, 0.25) is 6.29 Å². The van der Waals surface area contributed by atoms with Gasteiger partial charge in [-0.1, -0.05) is 32.4 Å². The van der Waals surface area contributed by atoms with Crippen LogP contribution in [0.4, 0.5) is 0 Å². The lowest BCUT2D eigenvalue weighted by molar-refractivity contribution is -0.365. The van der Waals surface area contributed by atoms with E-state index in [1.165, 1.54) is 0 Å². The predicted octanol–water partition coefficient (Wildman–Crippen LogP) is -3.57. The van der Waals surface area contributed by atoms with E-state index < -0.39 is 160 Å². The van der Waals surface area contributed by atoms with Gasteiger partial charge in [0.25, 0.3) is 0 Å². The van der Waals surface area contributed by atoms with Crippen molar-refractivity contribution in [3.8, 4) is 0 Å². The number of aliphatic hydroxyl groups excluding tert-OH is 13. The Balaban J connectivity index is 1.14. The molecule has 7 rings (SSSR count). The molecule has 4 heterocycles. The molecule has 3 saturated carbocycles. The molecular weight excluding hydrogens is 864 g/mol. The van der Waals surface area contributed by atoms with Crippen molar-refractivity contribution in [1.82, 2.24) is 0 Å². The lowest BCUT2D eigenvalue weighted by Crippen LogP contribution is -2.66. The summed E-state index contributed by atoms with van der Waals surface area (Å²) in [5.41, 5.74) is -1.19. The Morgan fingerprint density at radius 1 is 0.631 bits per heavy atom. The number of carbonyl (C=O) groups excluding carboxylic acids is 1. The third-order valence-electron chi connectivity index (χ3n) is 16.6. The van der Waals surface area contributed by atoms with E-state index >= 15 is 0 Å². The molecule has 13 N–H and O–H groups in total. The summed E-state index contributed by atoms with van der Waals surface area (Å²) in [6, 6.07) is 0. The van der Waals surface area contributed by atoms with Gasteiger partial charge in [0.15, 0.2) is 12.6 Å². The van der Waals surface area contributed by atoms with Crippen molar-refractivity contribution in [2.45, 2.75) is 195 Å². The highest BCUT2D eigenvalue weighted by Crippen LogP contribution is 2.65. The highest BCUT2D eigenvalue weighted by molar-refractivity contribution is 5.77. The summed E-state index contributed by atoms with van der Waals surface area (Å²) in [6.07, 6.45) is -24.5. The van der Waals surface area contributed by atoms with E-state index in [4.69, 9.17) is 33.2 Å². The minimum atomic E-state index is -1.88.